The van der Waals surface area contributed by atoms with Gasteiger partial charge in [0.05, 0.1) is 14.2 Å². The minimum atomic E-state index is -1.11. The summed E-state index contributed by atoms with van der Waals surface area (Å²) in [6.07, 6.45) is 0.451. The molecule has 8 nitrogen and oxygen atoms in total. The molecule has 3 aromatic rings. The number of benzene rings is 2. The van der Waals surface area contributed by atoms with E-state index in [0.717, 1.165) is 0 Å². The van der Waals surface area contributed by atoms with Gasteiger partial charge < -0.3 is 24.6 Å². The Bertz CT molecular complexity index is 1240. The van der Waals surface area contributed by atoms with Gasteiger partial charge in [-0.05, 0) is 37.6 Å². The van der Waals surface area contributed by atoms with Gasteiger partial charge in [-0.3, -0.25) is 4.79 Å². The number of pyridine rings is 1. The molecule has 0 fully saturated rings. The van der Waals surface area contributed by atoms with E-state index in [9.17, 15) is 23.5 Å². The monoisotopic (exact) mass is 500 g/mol. The summed E-state index contributed by atoms with van der Waals surface area (Å²) in [5, 5.41) is 12.6. The second-order valence-electron chi connectivity index (χ2n) is 7.96. The van der Waals surface area contributed by atoms with Gasteiger partial charge in [-0.2, -0.15) is 0 Å². The summed E-state index contributed by atoms with van der Waals surface area (Å²) in [7, 11) is 2.71. The van der Waals surface area contributed by atoms with Gasteiger partial charge in [0.1, 0.15) is 29.5 Å². The lowest BCUT2D eigenvalue weighted by molar-refractivity contribution is -0.150. The van der Waals surface area contributed by atoms with Crippen LogP contribution >= 0.6 is 0 Å². The van der Waals surface area contributed by atoms with Crippen LogP contribution in [0.1, 0.15) is 41.4 Å². The van der Waals surface area contributed by atoms with Crippen molar-refractivity contribution in [2.24, 2.45) is 0 Å². The zero-order valence-corrected chi connectivity index (χ0v) is 20.1. The fraction of sp³-hybridized carbons (Fsp3) is 0.269. The van der Waals surface area contributed by atoms with Crippen LogP contribution in [-0.2, 0) is 9.53 Å². The molecule has 1 heterocycles. The molecular formula is C26H26F2N2O6. The molecule has 1 aromatic heterocycles. The highest BCUT2D eigenvalue weighted by Gasteiger charge is 2.30. The SMILES string of the molecule is COc1cc(F)ccc1[C@@H](c1ccc(F)cc1)[C@H](C)OC(=O)[C@H](C)NC(=O)c1nccc(OC)c1O. The number of carbonyl (C=O) groups is 2. The van der Waals surface area contributed by atoms with Crippen LogP contribution in [-0.4, -0.2) is 48.3 Å². The molecule has 0 unspecified atom stereocenters. The summed E-state index contributed by atoms with van der Waals surface area (Å²) in [5.74, 6) is -3.36. The molecule has 0 bridgehead atoms. The molecule has 3 rings (SSSR count). The second-order valence-corrected chi connectivity index (χ2v) is 7.96. The van der Waals surface area contributed by atoms with Gasteiger partial charge in [0.2, 0.25) is 0 Å². The topological polar surface area (TPSA) is 107 Å². The maximum absolute atomic E-state index is 13.8. The van der Waals surface area contributed by atoms with Crippen LogP contribution < -0.4 is 14.8 Å². The molecular weight excluding hydrogens is 474 g/mol. The molecule has 3 atom stereocenters. The Labute approximate surface area is 206 Å². The van der Waals surface area contributed by atoms with Crippen molar-refractivity contribution in [2.75, 3.05) is 14.2 Å². The number of aromatic hydroxyl groups is 1. The largest absolute Gasteiger partial charge is 0.503 e. The molecule has 0 saturated heterocycles. The van der Waals surface area contributed by atoms with Crippen molar-refractivity contribution in [3.63, 3.8) is 0 Å². The fourth-order valence-corrected chi connectivity index (χ4v) is 3.76. The van der Waals surface area contributed by atoms with Gasteiger partial charge in [0.15, 0.2) is 17.2 Å². The van der Waals surface area contributed by atoms with Crippen LogP contribution in [0.2, 0.25) is 0 Å². The normalized spacial score (nSPS) is 13.3. The Hall–Kier alpha value is -4.21. The summed E-state index contributed by atoms with van der Waals surface area (Å²) >= 11 is 0. The quantitative estimate of drug-likeness (QED) is 0.428. The van der Waals surface area contributed by atoms with E-state index in [1.807, 2.05) is 0 Å². The Morgan fingerprint density at radius 2 is 1.58 bits per heavy atom. The fourth-order valence-electron chi connectivity index (χ4n) is 3.76. The number of hydrogen-bond acceptors (Lipinski definition) is 7. The third-order valence-electron chi connectivity index (χ3n) is 5.55. The summed E-state index contributed by atoms with van der Waals surface area (Å²) in [4.78, 5) is 29.3. The smallest absolute Gasteiger partial charge is 0.328 e. The summed E-state index contributed by atoms with van der Waals surface area (Å²) < 4.78 is 43.3. The van der Waals surface area contributed by atoms with Crippen LogP contribution in [0.5, 0.6) is 17.2 Å². The van der Waals surface area contributed by atoms with Gasteiger partial charge >= 0.3 is 5.97 Å². The Morgan fingerprint density at radius 1 is 0.944 bits per heavy atom. The first-order valence-electron chi connectivity index (χ1n) is 11.0. The van der Waals surface area contributed by atoms with Crippen molar-refractivity contribution < 1.29 is 37.7 Å². The zero-order valence-electron chi connectivity index (χ0n) is 20.1. The lowest BCUT2D eigenvalue weighted by Gasteiger charge is -2.27. The van der Waals surface area contributed by atoms with Crippen molar-refractivity contribution >= 4 is 11.9 Å². The molecule has 0 radical (unpaired) electrons. The Kier molecular flexibility index (Phi) is 8.42. The number of hydrogen-bond donors (Lipinski definition) is 2. The number of rotatable bonds is 9. The molecule has 10 heteroatoms. The Morgan fingerprint density at radius 3 is 2.22 bits per heavy atom. The van der Waals surface area contributed by atoms with Crippen molar-refractivity contribution in [3.05, 3.63) is 83.2 Å². The van der Waals surface area contributed by atoms with Crippen molar-refractivity contribution in [1.29, 1.82) is 0 Å². The van der Waals surface area contributed by atoms with E-state index in [1.165, 1.54) is 75.9 Å². The van der Waals surface area contributed by atoms with E-state index in [-0.39, 0.29) is 17.2 Å². The van der Waals surface area contributed by atoms with Gasteiger partial charge in [-0.15, -0.1) is 0 Å². The number of halogens is 2. The van der Waals surface area contributed by atoms with Crippen LogP contribution in [0.3, 0.4) is 0 Å². The average Bonchev–Trinajstić information content (AvgIpc) is 2.86. The van der Waals surface area contributed by atoms with E-state index >= 15 is 0 Å². The summed E-state index contributed by atoms with van der Waals surface area (Å²) in [6.45, 7) is 3.04. The summed E-state index contributed by atoms with van der Waals surface area (Å²) in [6, 6.07) is 9.84. The van der Waals surface area contributed by atoms with Gasteiger partial charge in [0.25, 0.3) is 5.91 Å². The molecule has 1 amide bonds. The zero-order chi connectivity index (χ0) is 26.4. The number of esters is 1. The predicted octanol–water partition coefficient (Wildman–Crippen LogP) is 3.96. The molecule has 36 heavy (non-hydrogen) atoms. The van der Waals surface area contributed by atoms with Gasteiger partial charge in [-0.25, -0.2) is 18.6 Å². The van der Waals surface area contributed by atoms with Crippen LogP contribution in [0.4, 0.5) is 8.78 Å². The van der Waals surface area contributed by atoms with Crippen LogP contribution in [0, 0.1) is 11.6 Å². The molecule has 2 N–H and O–H groups in total. The standard InChI is InChI=1S/C26H26F2N2O6/c1-14(30-25(32)23-24(31)20(34-3)11-12-29-23)26(33)36-15(2)22(16-5-7-17(27)8-6-16)19-10-9-18(28)13-21(19)35-4/h5-15,22,31H,1-4H3,(H,30,32)/t14-,15-,22+/m0/s1. The first-order valence-corrected chi connectivity index (χ1v) is 11.0. The van der Waals surface area contributed by atoms with Crippen LogP contribution in [0.25, 0.3) is 0 Å². The van der Waals surface area contributed by atoms with Gasteiger partial charge in [-0.1, -0.05) is 18.2 Å². The molecule has 0 aliphatic rings. The van der Waals surface area contributed by atoms with Crippen molar-refractivity contribution in [3.8, 4) is 17.2 Å². The van der Waals surface area contributed by atoms with E-state index in [2.05, 4.69) is 10.3 Å². The third-order valence-corrected chi connectivity index (χ3v) is 5.55. The van der Waals surface area contributed by atoms with E-state index in [4.69, 9.17) is 14.2 Å². The predicted molar refractivity (Wildman–Crippen MR) is 126 cm³/mol. The minimum Gasteiger partial charge on any atom is -0.503 e. The van der Waals surface area contributed by atoms with E-state index in [0.29, 0.717) is 11.1 Å². The molecule has 0 saturated carbocycles. The second kappa shape index (κ2) is 11.5. The molecule has 0 spiro atoms. The first-order chi connectivity index (χ1) is 17.2. The van der Waals surface area contributed by atoms with Gasteiger partial charge in [0, 0.05) is 29.8 Å². The van der Waals surface area contributed by atoms with Crippen LogP contribution in [0.15, 0.2) is 54.7 Å². The number of nitrogens with one attached hydrogen (secondary N) is 1. The van der Waals surface area contributed by atoms with E-state index < -0.39 is 47.3 Å². The number of amides is 1. The number of ether oxygens (including phenoxy) is 3. The average molecular weight is 500 g/mol. The van der Waals surface area contributed by atoms with Crippen molar-refractivity contribution in [2.45, 2.75) is 31.9 Å². The van der Waals surface area contributed by atoms with E-state index in [1.54, 1.807) is 6.92 Å². The first kappa shape index (κ1) is 26.4. The van der Waals surface area contributed by atoms with Crippen molar-refractivity contribution in [1.82, 2.24) is 10.3 Å². The maximum Gasteiger partial charge on any atom is 0.328 e. The lowest BCUT2D eigenvalue weighted by Crippen LogP contribution is -2.41. The third kappa shape index (κ3) is 5.88. The lowest BCUT2D eigenvalue weighted by atomic mass is 9.86. The number of methoxy groups -OCH3 is 2. The number of nitrogens with zero attached hydrogens (tertiary/aromatic N) is 1. The highest BCUT2D eigenvalue weighted by atomic mass is 19.1. The number of carbonyl (C=O) groups excluding carboxylic acids is 2. The molecule has 0 aliphatic carbocycles. The maximum atomic E-state index is 13.8. The highest BCUT2D eigenvalue weighted by molar-refractivity contribution is 5.97. The molecule has 0 aliphatic heterocycles. The minimum absolute atomic E-state index is 0.0504. The highest BCUT2D eigenvalue weighted by Crippen LogP contribution is 2.36. The number of aromatic nitrogens is 1. The summed E-state index contributed by atoms with van der Waals surface area (Å²) in [5.41, 5.74) is 0.805. The Balaban J connectivity index is 1.82. The molecule has 190 valence electrons. The molecule has 2 aromatic carbocycles.